The molecule has 3 heteroatoms. The van der Waals surface area contributed by atoms with Crippen LogP contribution < -0.4 is 0 Å². The predicted molar refractivity (Wildman–Crippen MR) is 87.5 cm³/mol. The van der Waals surface area contributed by atoms with E-state index in [0.29, 0.717) is 6.61 Å². The first-order valence-corrected chi connectivity index (χ1v) is 9.77. The van der Waals surface area contributed by atoms with Crippen LogP contribution in [0.15, 0.2) is 0 Å². The Balaban J connectivity index is 1.32. The van der Waals surface area contributed by atoms with Crippen molar-refractivity contribution in [3.63, 3.8) is 0 Å². The Morgan fingerprint density at radius 1 is 1.05 bits per heavy atom. The fourth-order valence-corrected chi connectivity index (χ4v) is 6.61. The molecule has 0 aromatic carbocycles. The average molecular weight is 308 g/mol. The topological polar surface area (TPSA) is 29.5 Å². The van der Waals surface area contributed by atoms with Gasteiger partial charge in [-0.3, -0.25) is 0 Å². The number of aliphatic hydroxyl groups excluding tert-OH is 1. The van der Waals surface area contributed by atoms with Crippen LogP contribution in [0.2, 0.25) is 0 Å². The van der Waals surface area contributed by atoms with E-state index in [4.69, 9.17) is 4.74 Å². The van der Waals surface area contributed by atoms with Crippen LogP contribution in [-0.4, -0.2) is 54.1 Å². The summed E-state index contributed by atoms with van der Waals surface area (Å²) >= 11 is 0. The molecule has 5 fully saturated rings. The van der Waals surface area contributed by atoms with E-state index in [0.717, 1.165) is 35.3 Å². The molecule has 0 spiro atoms. The third-order valence-electron chi connectivity index (χ3n) is 7.35. The van der Waals surface area contributed by atoms with E-state index in [1.54, 1.807) is 0 Å². The SMILES string of the molecule is CC[N+]1(C[C@H](O)COC23CC4CC(CC(C4)C2)C3)CCCC1. The number of quaternary nitrogens is 1. The first-order valence-electron chi connectivity index (χ1n) is 9.77. The zero-order chi connectivity index (χ0) is 15.2. The molecule has 0 aromatic heterocycles. The number of aliphatic hydroxyl groups is 1. The predicted octanol–water partition coefficient (Wildman–Crippen LogP) is 2.96. The van der Waals surface area contributed by atoms with E-state index in [1.165, 1.54) is 64.5 Å². The molecule has 1 atom stereocenters. The fraction of sp³-hybridized carbons (Fsp3) is 1.00. The zero-order valence-corrected chi connectivity index (χ0v) is 14.3. The van der Waals surface area contributed by atoms with E-state index < -0.39 is 0 Å². The molecule has 4 saturated carbocycles. The monoisotopic (exact) mass is 308 g/mol. The van der Waals surface area contributed by atoms with Crippen molar-refractivity contribution >= 4 is 0 Å². The lowest BCUT2D eigenvalue weighted by atomic mass is 9.54. The standard InChI is InChI=1S/C19H34NO2/c1-2-20(5-3-4-6-20)13-18(21)14-22-19-10-15-7-16(11-19)9-17(8-15)12-19/h15-18,21H,2-14H2,1H3/q+1/t15?,16?,17?,18-,19?/m0/s1. The highest BCUT2D eigenvalue weighted by atomic mass is 16.5. The highest BCUT2D eigenvalue weighted by molar-refractivity contribution is 5.03. The second kappa shape index (κ2) is 5.75. The Labute approximate surface area is 135 Å². The molecule has 1 saturated heterocycles. The van der Waals surface area contributed by atoms with Crippen molar-refractivity contribution in [2.24, 2.45) is 17.8 Å². The van der Waals surface area contributed by atoms with Crippen LogP contribution in [0.5, 0.6) is 0 Å². The highest BCUT2D eigenvalue weighted by Crippen LogP contribution is 2.57. The van der Waals surface area contributed by atoms with Crippen molar-refractivity contribution in [3.05, 3.63) is 0 Å². The van der Waals surface area contributed by atoms with Crippen molar-refractivity contribution in [2.75, 3.05) is 32.8 Å². The third kappa shape index (κ3) is 2.85. The van der Waals surface area contributed by atoms with Crippen molar-refractivity contribution in [1.82, 2.24) is 0 Å². The molecule has 0 amide bonds. The summed E-state index contributed by atoms with van der Waals surface area (Å²) in [4.78, 5) is 0. The van der Waals surface area contributed by atoms with Gasteiger partial charge in [-0.2, -0.15) is 0 Å². The Kier molecular flexibility index (Phi) is 4.03. The molecule has 0 radical (unpaired) electrons. The van der Waals surface area contributed by atoms with Crippen LogP contribution >= 0.6 is 0 Å². The summed E-state index contributed by atoms with van der Waals surface area (Å²) in [7, 11) is 0. The molecular weight excluding hydrogens is 274 g/mol. The van der Waals surface area contributed by atoms with E-state index in [9.17, 15) is 5.11 Å². The van der Waals surface area contributed by atoms with Gasteiger partial charge in [0.1, 0.15) is 12.6 Å². The summed E-state index contributed by atoms with van der Waals surface area (Å²) in [6.45, 7) is 7.43. The number of nitrogens with zero attached hydrogens (tertiary/aromatic N) is 1. The van der Waals surface area contributed by atoms with Crippen LogP contribution in [-0.2, 0) is 4.74 Å². The first kappa shape index (κ1) is 15.4. The van der Waals surface area contributed by atoms with Gasteiger partial charge >= 0.3 is 0 Å². The molecule has 5 aliphatic rings. The molecule has 5 rings (SSSR count). The number of likely N-dealkylation sites (tertiary alicyclic amines) is 1. The molecule has 126 valence electrons. The summed E-state index contributed by atoms with van der Waals surface area (Å²) in [5, 5.41) is 10.6. The lowest BCUT2D eigenvalue weighted by Gasteiger charge is -2.56. The number of hydrogen-bond donors (Lipinski definition) is 1. The summed E-state index contributed by atoms with van der Waals surface area (Å²) in [5.74, 6) is 2.78. The maximum Gasteiger partial charge on any atom is 0.126 e. The van der Waals surface area contributed by atoms with Gasteiger partial charge in [-0.25, -0.2) is 0 Å². The Morgan fingerprint density at radius 2 is 1.59 bits per heavy atom. The van der Waals surface area contributed by atoms with Gasteiger partial charge in [0.2, 0.25) is 0 Å². The third-order valence-corrected chi connectivity index (χ3v) is 7.35. The van der Waals surface area contributed by atoms with Crippen molar-refractivity contribution in [3.8, 4) is 0 Å². The normalized spacial score (nSPS) is 43.6. The van der Waals surface area contributed by atoms with Crippen molar-refractivity contribution in [1.29, 1.82) is 0 Å². The second-order valence-corrected chi connectivity index (χ2v) is 9.06. The van der Waals surface area contributed by atoms with Gasteiger partial charge in [-0.05, 0) is 63.2 Å². The van der Waals surface area contributed by atoms with Crippen LogP contribution in [0.25, 0.3) is 0 Å². The molecule has 1 aliphatic heterocycles. The molecule has 1 heterocycles. The maximum atomic E-state index is 10.6. The van der Waals surface area contributed by atoms with Gasteiger partial charge in [-0.15, -0.1) is 0 Å². The molecule has 0 unspecified atom stereocenters. The van der Waals surface area contributed by atoms with Gasteiger partial charge < -0.3 is 14.3 Å². The quantitative estimate of drug-likeness (QED) is 0.765. The number of likely N-dealkylation sites (N-methyl/N-ethyl adjacent to an activating group) is 1. The van der Waals surface area contributed by atoms with Crippen LogP contribution in [0.3, 0.4) is 0 Å². The molecular formula is C19H34NO2+. The summed E-state index contributed by atoms with van der Waals surface area (Å²) in [6, 6.07) is 0. The number of ether oxygens (including phenoxy) is 1. The summed E-state index contributed by atoms with van der Waals surface area (Å²) in [5.41, 5.74) is 0.151. The molecule has 4 bridgehead atoms. The van der Waals surface area contributed by atoms with Crippen molar-refractivity contribution in [2.45, 2.75) is 70.0 Å². The van der Waals surface area contributed by atoms with E-state index in [1.807, 2.05) is 0 Å². The van der Waals surface area contributed by atoms with Crippen molar-refractivity contribution < 1.29 is 14.3 Å². The number of hydrogen-bond acceptors (Lipinski definition) is 2. The summed E-state index contributed by atoms with van der Waals surface area (Å²) < 4.78 is 7.56. The van der Waals surface area contributed by atoms with Crippen LogP contribution in [0.1, 0.15) is 58.3 Å². The van der Waals surface area contributed by atoms with E-state index in [2.05, 4.69) is 6.92 Å². The smallest absolute Gasteiger partial charge is 0.126 e. The van der Waals surface area contributed by atoms with Gasteiger partial charge in [-0.1, -0.05) is 0 Å². The molecule has 1 N–H and O–H groups in total. The minimum atomic E-state index is -0.272. The lowest BCUT2D eigenvalue weighted by molar-refractivity contribution is -0.918. The fourth-order valence-electron chi connectivity index (χ4n) is 6.61. The Morgan fingerprint density at radius 3 is 2.09 bits per heavy atom. The largest absolute Gasteiger partial charge is 0.385 e. The molecule has 4 aliphatic carbocycles. The first-order chi connectivity index (χ1) is 10.6. The van der Waals surface area contributed by atoms with E-state index in [-0.39, 0.29) is 11.7 Å². The maximum absolute atomic E-state index is 10.6. The summed E-state index contributed by atoms with van der Waals surface area (Å²) in [6.07, 6.45) is 10.6. The minimum Gasteiger partial charge on any atom is -0.385 e. The number of rotatable bonds is 6. The van der Waals surface area contributed by atoms with Crippen LogP contribution in [0, 0.1) is 17.8 Å². The van der Waals surface area contributed by atoms with E-state index >= 15 is 0 Å². The van der Waals surface area contributed by atoms with Gasteiger partial charge in [0.15, 0.2) is 0 Å². The lowest BCUT2D eigenvalue weighted by Crippen LogP contribution is -2.54. The zero-order valence-electron chi connectivity index (χ0n) is 14.3. The second-order valence-electron chi connectivity index (χ2n) is 9.06. The molecule has 22 heavy (non-hydrogen) atoms. The van der Waals surface area contributed by atoms with Gasteiger partial charge in [0.25, 0.3) is 0 Å². The van der Waals surface area contributed by atoms with Gasteiger partial charge in [0, 0.05) is 12.8 Å². The Hall–Kier alpha value is -0.120. The Bertz CT molecular complexity index is 367. The minimum absolute atomic E-state index is 0.151. The molecule has 0 aromatic rings. The highest BCUT2D eigenvalue weighted by Gasteiger charge is 2.51. The average Bonchev–Trinajstić information content (AvgIpc) is 2.93. The molecule has 3 nitrogen and oxygen atoms in total. The van der Waals surface area contributed by atoms with Crippen LogP contribution in [0.4, 0.5) is 0 Å². The van der Waals surface area contributed by atoms with Gasteiger partial charge in [0.05, 0.1) is 31.8 Å².